The quantitative estimate of drug-likeness (QED) is 0.842. The fraction of sp³-hybridized carbons (Fsp3) is 0.500. The topological polar surface area (TPSA) is 40.5 Å². The molecule has 20 heavy (non-hydrogen) atoms. The molecule has 0 unspecified atom stereocenters. The van der Waals surface area contributed by atoms with E-state index in [1.165, 1.54) is 30.3 Å². The van der Waals surface area contributed by atoms with Crippen LogP contribution in [-0.4, -0.2) is 28.2 Å². The van der Waals surface area contributed by atoms with Gasteiger partial charge in [0.1, 0.15) is 0 Å². The van der Waals surface area contributed by atoms with Gasteiger partial charge >= 0.3 is 12.4 Å². The third-order valence-corrected chi connectivity index (χ3v) is 3.14. The van der Waals surface area contributed by atoms with Crippen LogP contribution >= 0.6 is 0 Å². The van der Waals surface area contributed by atoms with Crippen molar-refractivity contribution in [3.8, 4) is 0 Å². The second-order valence-corrected chi connectivity index (χ2v) is 4.41. The molecule has 114 valence electrons. The Morgan fingerprint density at radius 1 is 0.900 bits per heavy atom. The zero-order valence-corrected chi connectivity index (χ0v) is 10.2. The van der Waals surface area contributed by atoms with E-state index in [9.17, 15) is 36.6 Å². The van der Waals surface area contributed by atoms with Crippen molar-refractivity contribution in [2.24, 2.45) is 5.92 Å². The molecule has 1 rings (SSSR count). The van der Waals surface area contributed by atoms with Crippen LogP contribution in [0.4, 0.5) is 26.3 Å². The van der Waals surface area contributed by atoms with Gasteiger partial charge in [0, 0.05) is 5.92 Å². The number of halogens is 6. The number of rotatable bonds is 3. The highest BCUT2D eigenvalue weighted by Crippen LogP contribution is 2.50. The second-order valence-electron chi connectivity index (χ2n) is 4.41. The first-order valence-electron chi connectivity index (χ1n) is 5.51. The van der Waals surface area contributed by atoms with Crippen molar-refractivity contribution in [3.63, 3.8) is 0 Å². The van der Waals surface area contributed by atoms with E-state index in [1.807, 2.05) is 0 Å². The highest BCUT2D eigenvalue weighted by atomic mass is 19.4. The fourth-order valence-corrected chi connectivity index (χ4v) is 1.84. The predicted octanol–water partition coefficient (Wildman–Crippen LogP) is 3.21. The van der Waals surface area contributed by atoms with Crippen molar-refractivity contribution < 1.29 is 36.6 Å². The van der Waals surface area contributed by atoms with E-state index in [1.54, 1.807) is 0 Å². The molecule has 0 aromatic heterocycles. The Morgan fingerprint density at radius 3 is 1.65 bits per heavy atom. The normalized spacial score (nSPS) is 16.9. The maximum atomic E-state index is 12.6. The van der Waals surface area contributed by atoms with E-state index >= 15 is 0 Å². The van der Waals surface area contributed by atoms with E-state index in [0.29, 0.717) is 6.92 Å². The molecule has 0 saturated heterocycles. The molecule has 8 heteroatoms. The molecule has 2 nitrogen and oxygen atoms in total. The molecule has 0 amide bonds. The van der Waals surface area contributed by atoms with Crippen molar-refractivity contribution in [2.75, 3.05) is 0 Å². The highest BCUT2D eigenvalue weighted by Gasteiger charge is 2.73. The van der Waals surface area contributed by atoms with Gasteiger partial charge in [-0.3, -0.25) is 0 Å². The Bertz CT molecular complexity index is 426. The summed E-state index contributed by atoms with van der Waals surface area (Å²) in [5, 5.41) is 18.9. The number of benzene rings is 1. The van der Waals surface area contributed by atoms with Crippen LogP contribution in [0.2, 0.25) is 0 Å². The molecule has 1 aromatic carbocycles. The molecule has 0 aliphatic carbocycles. The molecule has 0 radical (unpaired) electrons. The average Bonchev–Trinajstić information content (AvgIpc) is 2.34. The molecule has 2 N–H and O–H groups in total. The van der Waals surface area contributed by atoms with Crippen LogP contribution in [0.3, 0.4) is 0 Å². The van der Waals surface area contributed by atoms with Crippen LogP contribution in [0.15, 0.2) is 30.3 Å². The van der Waals surface area contributed by atoms with E-state index < -0.39 is 30.0 Å². The molecule has 0 fully saturated rings. The van der Waals surface area contributed by atoms with Crippen molar-refractivity contribution in [2.45, 2.75) is 31.0 Å². The Kier molecular flexibility index (Phi) is 4.40. The zero-order valence-electron chi connectivity index (χ0n) is 10.2. The van der Waals surface area contributed by atoms with Gasteiger partial charge in [-0.25, -0.2) is 0 Å². The van der Waals surface area contributed by atoms with Gasteiger partial charge in [0.05, 0.1) is 6.10 Å². The molecule has 2 atom stereocenters. The lowest BCUT2D eigenvalue weighted by Gasteiger charge is -2.39. The molecule has 0 heterocycles. The third kappa shape index (κ3) is 2.76. The van der Waals surface area contributed by atoms with E-state index in [0.717, 1.165) is 0 Å². The first kappa shape index (κ1) is 16.8. The van der Waals surface area contributed by atoms with Gasteiger partial charge < -0.3 is 10.2 Å². The molecule has 0 spiro atoms. The summed E-state index contributed by atoms with van der Waals surface area (Å²) in [5.41, 5.74) is -5.14. The van der Waals surface area contributed by atoms with Gasteiger partial charge in [0.15, 0.2) is 0 Å². The number of alkyl halides is 6. The van der Waals surface area contributed by atoms with Gasteiger partial charge in [0.25, 0.3) is 5.60 Å². The van der Waals surface area contributed by atoms with Crippen LogP contribution in [0, 0.1) is 5.92 Å². The first-order valence-corrected chi connectivity index (χ1v) is 5.51. The minimum absolute atomic E-state index is 0.146. The smallest absolute Gasteiger partial charge is 0.388 e. The monoisotopic (exact) mass is 302 g/mol. The van der Waals surface area contributed by atoms with E-state index in [4.69, 9.17) is 0 Å². The summed E-state index contributed by atoms with van der Waals surface area (Å²) in [6.45, 7) is 0.499. The molecule has 0 aliphatic rings. The Hall–Kier alpha value is -1.28. The van der Waals surface area contributed by atoms with Gasteiger partial charge in [-0.2, -0.15) is 26.3 Å². The highest BCUT2D eigenvalue weighted by molar-refractivity contribution is 5.19. The molecular weight excluding hydrogens is 290 g/mol. The lowest BCUT2D eigenvalue weighted by atomic mass is 9.81. The minimum Gasteiger partial charge on any atom is -0.388 e. The second kappa shape index (κ2) is 5.25. The third-order valence-electron chi connectivity index (χ3n) is 3.14. The van der Waals surface area contributed by atoms with Gasteiger partial charge in [-0.15, -0.1) is 0 Å². The van der Waals surface area contributed by atoms with E-state index in [-0.39, 0.29) is 5.56 Å². The number of aliphatic hydroxyl groups is 2. The zero-order chi connectivity index (χ0) is 15.8. The molecule has 1 aromatic rings. The summed E-state index contributed by atoms with van der Waals surface area (Å²) in [6, 6.07) is 6.54. The maximum absolute atomic E-state index is 12.6. The summed E-state index contributed by atoms with van der Waals surface area (Å²) in [6.07, 6.45) is -14.0. The van der Waals surface area contributed by atoms with Crippen LogP contribution in [0.5, 0.6) is 0 Å². The SMILES string of the molecule is C[C@H]([C@H](O)c1ccccc1)C(O)(C(F)(F)F)C(F)(F)F. The predicted molar refractivity (Wildman–Crippen MR) is 57.6 cm³/mol. The van der Waals surface area contributed by atoms with Crippen molar-refractivity contribution in [3.05, 3.63) is 35.9 Å². The van der Waals surface area contributed by atoms with Gasteiger partial charge in [0.2, 0.25) is 0 Å². The molecule has 0 bridgehead atoms. The van der Waals surface area contributed by atoms with Crippen molar-refractivity contribution in [1.82, 2.24) is 0 Å². The maximum Gasteiger partial charge on any atom is 0.426 e. The van der Waals surface area contributed by atoms with Crippen molar-refractivity contribution in [1.29, 1.82) is 0 Å². The lowest BCUT2D eigenvalue weighted by Crippen LogP contribution is -2.62. The van der Waals surface area contributed by atoms with Crippen LogP contribution in [0.1, 0.15) is 18.6 Å². The summed E-state index contributed by atoms with van der Waals surface area (Å²) in [7, 11) is 0. The van der Waals surface area contributed by atoms with Gasteiger partial charge in [-0.1, -0.05) is 37.3 Å². The van der Waals surface area contributed by atoms with Crippen LogP contribution < -0.4 is 0 Å². The van der Waals surface area contributed by atoms with Crippen LogP contribution in [0.25, 0.3) is 0 Å². The minimum atomic E-state index is -5.96. The Labute approximate surface area is 110 Å². The Morgan fingerprint density at radius 2 is 1.30 bits per heavy atom. The summed E-state index contributed by atoms with van der Waals surface area (Å²) >= 11 is 0. The van der Waals surface area contributed by atoms with Crippen LogP contribution in [-0.2, 0) is 0 Å². The molecule has 0 saturated carbocycles. The number of hydrogen-bond donors (Lipinski definition) is 2. The van der Waals surface area contributed by atoms with Gasteiger partial charge in [-0.05, 0) is 5.56 Å². The summed E-state index contributed by atoms with van der Waals surface area (Å²) < 4.78 is 75.9. The first-order chi connectivity index (χ1) is 8.93. The average molecular weight is 302 g/mol. The fourth-order valence-electron chi connectivity index (χ4n) is 1.84. The summed E-state index contributed by atoms with van der Waals surface area (Å²) in [5.74, 6) is -2.52. The lowest BCUT2D eigenvalue weighted by molar-refractivity contribution is -0.389. The number of hydrogen-bond acceptors (Lipinski definition) is 2. The largest absolute Gasteiger partial charge is 0.426 e. The van der Waals surface area contributed by atoms with Crippen molar-refractivity contribution >= 4 is 0 Å². The molecule has 0 aliphatic heterocycles. The number of aliphatic hydroxyl groups excluding tert-OH is 1. The van der Waals surface area contributed by atoms with E-state index in [2.05, 4.69) is 0 Å². The Balaban J connectivity index is 3.23. The molecular formula is C12H12F6O2. The standard InChI is InChI=1S/C12H12F6O2/c1-7(9(19)8-5-3-2-4-6-8)10(20,11(13,14)15)12(16,17)18/h2-7,9,19-20H,1H3/t7-,9+/m1/s1. The summed E-state index contributed by atoms with van der Waals surface area (Å²) in [4.78, 5) is 0.